The molecular formula is C13H17NO3. The Hall–Kier alpha value is -1.52. The molecule has 1 N–H and O–H groups in total. The average molecular weight is 235 g/mol. The lowest BCUT2D eigenvalue weighted by molar-refractivity contribution is 0.161. The van der Waals surface area contributed by atoms with Crippen LogP contribution in [-0.2, 0) is 11.3 Å². The fourth-order valence-electron chi connectivity index (χ4n) is 1.80. The minimum Gasteiger partial charge on any atom is -0.464 e. The molecule has 0 saturated heterocycles. The second-order valence-corrected chi connectivity index (χ2v) is 3.91. The number of ether oxygens (including phenoxy) is 1. The summed E-state index contributed by atoms with van der Waals surface area (Å²) in [5.41, 5.74) is 0. The Labute approximate surface area is 101 Å². The fraction of sp³-hybridized carbons (Fsp3) is 0.385. The van der Waals surface area contributed by atoms with Gasteiger partial charge in [-0.2, -0.15) is 0 Å². The number of nitrogens with one attached hydrogen (secondary N) is 1. The Morgan fingerprint density at radius 1 is 1.18 bits per heavy atom. The van der Waals surface area contributed by atoms with E-state index in [0.717, 1.165) is 23.0 Å². The summed E-state index contributed by atoms with van der Waals surface area (Å²) in [5, 5.41) is 3.18. The van der Waals surface area contributed by atoms with E-state index in [1.54, 1.807) is 7.11 Å². The van der Waals surface area contributed by atoms with Crippen LogP contribution in [0.2, 0.25) is 0 Å². The highest BCUT2D eigenvalue weighted by atomic mass is 16.5. The van der Waals surface area contributed by atoms with Crippen molar-refractivity contribution in [1.29, 1.82) is 0 Å². The van der Waals surface area contributed by atoms with Crippen molar-refractivity contribution < 1.29 is 13.6 Å². The van der Waals surface area contributed by atoms with Gasteiger partial charge in [0.05, 0.1) is 0 Å². The van der Waals surface area contributed by atoms with Gasteiger partial charge >= 0.3 is 0 Å². The molecule has 92 valence electrons. The smallest absolute Gasteiger partial charge is 0.129 e. The Kier molecular flexibility index (Phi) is 3.66. The molecule has 0 aromatic carbocycles. The molecule has 1 unspecified atom stereocenters. The molecule has 0 radical (unpaired) electrons. The van der Waals surface area contributed by atoms with Gasteiger partial charge < -0.3 is 18.9 Å². The van der Waals surface area contributed by atoms with Gasteiger partial charge in [-0.3, -0.25) is 0 Å². The number of furan rings is 2. The lowest BCUT2D eigenvalue weighted by Crippen LogP contribution is -2.16. The molecule has 1 atom stereocenters. The third-order valence-electron chi connectivity index (χ3n) is 2.59. The molecule has 0 aliphatic carbocycles. The minimum atomic E-state index is -0.0608. The summed E-state index contributed by atoms with van der Waals surface area (Å²) in [6, 6.07) is 7.69. The Morgan fingerprint density at radius 3 is 2.47 bits per heavy atom. The molecule has 0 fully saturated rings. The molecule has 0 saturated carbocycles. The maximum Gasteiger partial charge on any atom is 0.129 e. The number of rotatable bonds is 5. The zero-order valence-electron chi connectivity index (χ0n) is 10.3. The van der Waals surface area contributed by atoms with Gasteiger partial charge in [0.2, 0.25) is 0 Å². The number of aryl methyl sites for hydroxylation is 1. The van der Waals surface area contributed by atoms with E-state index in [9.17, 15) is 0 Å². The van der Waals surface area contributed by atoms with E-state index in [2.05, 4.69) is 5.32 Å². The Balaban J connectivity index is 2.22. The third-order valence-corrected chi connectivity index (χ3v) is 2.59. The molecule has 2 aromatic heterocycles. The summed E-state index contributed by atoms with van der Waals surface area (Å²) in [7, 11) is 3.52. The SMILES string of the molecule is CNC(c1ccc(C)o1)c1ccc(COC)o1. The molecule has 2 aromatic rings. The van der Waals surface area contributed by atoms with E-state index in [1.165, 1.54) is 0 Å². The molecule has 0 aliphatic rings. The van der Waals surface area contributed by atoms with Gasteiger partial charge in [0, 0.05) is 7.11 Å². The largest absolute Gasteiger partial charge is 0.464 e. The van der Waals surface area contributed by atoms with Gasteiger partial charge in [0.25, 0.3) is 0 Å². The van der Waals surface area contributed by atoms with Crippen LogP contribution in [0.15, 0.2) is 33.1 Å². The first kappa shape index (κ1) is 12.0. The maximum atomic E-state index is 5.69. The molecule has 2 rings (SSSR count). The standard InChI is InChI=1S/C13H17NO3/c1-9-4-6-11(16-9)13(14-2)12-7-5-10(17-12)8-15-3/h4-7,13-14H,8H2,1-3H3. The number of methoxy groups -OCH3 is 1. The van der Waals surface area contributed by atoms with E-state index in [0.29, 0.717) is 6.61 Å². The second kappa shape index (κ2) is 5.21. The predicted octanol–water partition coefficient (Wildman–Crippen LogP) is 2.64. The van der Waals surface area contributed by atoms with Crippen LogP contribution in [-0.4, -0.2) is 14.2 Å². The summed E-state index contributed by atoms with van der Waals surface area (Å²) in [5.74, 6) is 3.38. The van der Waals surface area contributed by atoms with Crippen LogP contribution < -0.4 is 5.32 Å². The van der Waals surface area contributed by atoms with Crippen LogP contribution >= 0.6 is 0 Å². The van der Waals surface area contributed by atoms with Crippen LogP contribution in [0, 0.1) is 6.92 Å². The van der Waals surface area contributed by atoms with Crippen LogP contribution in [0.1, 0.15) is 29.1 Å². The van der Waals surface area contributed by atoms with E-state index in [4.69, 9.17) is 13.6 Å². The highest BCUT2D eigenvalue weighted by Gasteiger charge is 2.19. The first-order chi connectivity index (χ1) is 8.24. The molecule has 0 bridgehead atoms. The summed E-state index contributed by atoms with van der Waals surface area (Å²) in [4.78, 5) is 0. The van der Waals surface area contributed by atoms with Crippen LogP contribution in [0.3, 0.4) is 0 Å². The van der Waals surface area contributed by atoms with Crippen molar-refractivity contribution in [2.45, 2.75) is 19.6 Å². The Bertz CT molecular complexity index is 472. The zero-order valence-corrected chi connectivity index (χ0v) is 10.3. The van der Waals surface area contributed by atoms with E-state index in [1.807, 2.05) is 38.2 Å². The van der Waals surface area contributed by atoms with Crippen LogP contribution in [0.4, 0.5) is 0 Å². The summed E-state index contributed by atoms with van der Waals surface area (Å²) in [6.07, 6.45) is 0. The van der Waals surface area contributed by atoms with Gasteiger partial charge in [-0.1, -0.05) is 0 Å². The van der Waals surface area contributed by atoms with Gasteiger partial charge in [-0.25, -0.2) is 0 Å². The quantitative estimate of drug-likeness (QED) is 0.865. The van der Waals surface area contributed by atoms with E-state index in [-0.39, 0.29) is 6.04 Å². The molecule has 0 spiro atoms. The summed E-state index contributed by atoms with van der Waals surface area (Å²) in [6.45, 7) is 2.41. The lowest BCUT2D eigenvalue weighted by Gasteiger charge is -2.10. The molecule has 4 heteroatoms. The highest BCUT2D eigenvalue weighted by Crippen LogP contribution is 2.25. The van der Waals surface area contributed by atoms with Gasteiger partial charge in [-0.05, 0) is 38.2 Å². The van der Waals surface area contributed by atoms with Gasteiger partial charge in [-0.15, -0.1) is 0 Å². The Morgan fingerprint density at radius 2 is 1.88 bits per heavy atom. The molecular weight excluding hydrogens is 218 g/mol. The third kappa shape index (κ3) is 2.60. The van der Waals surface area contributed by atoms with Crippen LogP contribution in [0.25, 0.3) is 0 Å². The topological polar surface area (TPSA) is 47.5 Å². The summed E-state index contributed by atoms with van der Waals surface area (Å²) < 4.78 is 16.3. The first-order valence-electron chi connectivity index (χ1n) is 5.55. The fourth-order valence-corrected chi connectivity index (χ4v) is 1.80. The zero-order chi connectivity index (χ0) is 12.3. The number of hydrogen-bond donors (Lipinski definition) is 1. The van der Waals surface area contributed by atoms with Crippen molar-refractivity contribution in [3.05, 3.63) is 47.3 Å². The van der Waals surface area contributed by atoms with E-state index >= 15 is 0 Å². The lowest BCUT2D eigenvalue weighted by atomic mass is 10.2. The van der Waals surface area contributed by atoms with Crippen molar-refractivity contribution in [3.8, 4) is 0 Å². The van der Waals surface area contributed by atoms with Crippen molar-refractivity contribution in [1.82, 2.24) is 5.32 Å². The molecule has 4 nitrogen and oxygen atoms in total. The summed E-state index contributed by atoms with van der Waals surface area (Å²) >= 11 is 0. The van der Waals surface area contributed by atoms with Crippen molar-refractivity contribution in [2.75, 3.05) is 14.2 Å². The second-order valence-electron chi connectivity index (χ2n) is 3.91. The molecule has 0 aliphatic heterocycles. The average Bonchev–Trinajstić information content (AvgIpc) is 2.91. The van der Waals surface area contributed by atoms with Crippen molar-refractivity contribution in [2.24, 2.45) is 0 Å². The predicted molar refractivity (Wildman–Crippen MR) is 63.8 cm³/mol. The van der Waals surface area contributed by atoms with Crippen LogP contribution in [0.5, 0.6) is 0 Å². The molecule has 0 amide bonds. The molecule has 17 heavy (non-hydrogen) atoms. The molecule has 2 heterocycles. The minimum absolute atomic E-state index is 0.0608. The maximum absolute atomic E-state index is 5.69. The van der Waals surface area contributed by atoms with Gasteiger partial charge in [0.15, 0.2) is 0 Å². The highest BCUT2D eigenvalue weighted by molar-refractivity contribution is 5.21. The number of hydrogen-bond acceptors (Lipinski definition) is 4. The first-order valence-corrected chi connectivity index (χ1v) is 5.55. The van der Waals surface area contributed by atoms with E-state index < -0.39 is 0 Å². The van der Waals surface area contributed by atoms with Gasteiger partial charge in [0.1, 0.15) is 35.7 Å². The normalized spacial score (nSPS) is 12.9. The van der Waals surface area contributed by atoms with Crippen molar-refractivity contribution in [3.63, 3.8) is 0 Å². The monoisotopic (exact) mass is 235 g/mol. The van der Waals surface area contributed by atoms with Crippen molar-refractivity contribution >= 4 is 0 Å².